The van der Waals surface area contributed by atoms with E-state index in [0.29, 0.717) is 5.56 Å². The van der Waals surface area contributed by atoms with Crippen LogP contribution >= 0.6 is 11.6 Å². The van der Waals surface area contributed by atoms with Gasteiger partial charge in [-0.1, -0.05) is 72.8 Å². The van der Waals surface area contributed by atoms with Crippen LogP contribution in [0.5, 0.6) is 0 Å². The van der Waals surface area contributed by atoms with E-state index in [1.54, 1.807) is 12.1 Å². The second kappa shape index (κ2) is 9.36. The SMILES string of the molecule is O=C(OCC(O)CCl)c1ccc(C(c2ccccc2)c2ccccc2)cc1. The van der Waals surface area contributed by atoms with Gasteiger partial charge in [0.15, 0.2) is 0 Å². The molecular formula is C23H21ClO3. The number of rotatable bonds is 7. The van der Waals surface area contributed by atoms with Crippen molar-refractivity contribution in [3.8, 4) is 0 Å². The predicted octanol–water partition coefficient (Wildman–Crippen LogP) is 4.62. The van der Waals surface area contributed by atoms with Crippen LogP contribution in [0.3, 0.4) is 0 Å². The molecule has 27 heavy (non-hydrogen) atoms. The molecule has 0 fully saturated rings. The summed E-state index contributed by atoms with van der Waals surface area (Å²) >= 11 is 5.51. The molecule has 3 nitrogen and oxygen atoms in total. The van der Waals surface area contributed by atoms with E-state index in [0.717, 1.165) is 5.56 Å². The van der Waals surface area contributed by atoms with E-state index in [4.69, 9.17) is 16.3 Å². The fourth-order valence-electron chi connectivity index (χ4n) is 2.98. The second-order valence-electron chi connectivity index (χ2n) is 6.28. The maximum atomic E-state index is 12.1. The Balaban J connectivity index is 1.85. The van der Waals surface area contributed by atoms with Crippen molar-refractivity contribution < 1.29 is 14.6 Å². The molecule has 0 aromatic heterocycles. The van der Waals surface area contributed by atoms with E-state index in [2.05, 4.69) is 24.3 Å². The Bertz CT molecular complexity index is 808. The number of hydrogen-bond donors (Lipinski definition) is 1. The molecule has 0 aliphatic rings. The summed E-state index contributed by atoms with van der Waals surface area (Å²) in [7, 11) is 0. The first kappa shape index (κ1) is 19.2. The van der Waals surface area contributed by atoms with Gasteiger partial charge in [-0.05, 0) is 28.8 Å². The topological polar surface area (TPSA) is 46.5 Å². The minimum Gasteiger partial charge on any atom is -0.459 e. The standard InChI is InChI=1S/C23H21ClO3/c24-15-21(25)16-27-23(26)20-13-11-19(12-14-20)22(17-7-3-1-4-8-17)18-9-5-2-6-10-18/h1-14,21-22,25H,15-16H2. The maximum Gasteiger partial charge on any atom is 0.338 e. The van der Waals surface area contributed by atoms with Gasteiger partial charge in [0.2, 0.25) is 0 Å². The van der Waals surface area contributed by atoms with Gasteiger partial charge in [-0.15, -0.1) is 11.6 Å². The maximum absolute atomic E-state index is 12.1. The lowest BCUT2D eigenvalue weighted by Crippen LogP contribution is -2.20. The molecule has 0 saturated carbocycles. The van der Waals surface area contributed by atoms with Gasteiger partial charge < -0.3 is 9.84 Å². The molecule has 138 valence electrons. The molecule has 0 radical (unpaired) electrons. The van der Waals surface area contributed by atoms with Crippen LogP contribution in [0.1, 0.15) is 33.0 Å². The molecule has 0 amide bonds. The molecule has 3 rings (SSSR count). The summed E-state index contributed by atoms with van der Waals surface area (Å²) in [4.78, 5) is 12.1. The van der Waals surface area contributed by atoms with Crippen molar-refractivity contribution in [1.82, 2.24) is 0 Å². The molecule has 0 aliphatic heterocycles. The Labute approximate surface area is 164 Å². The molecular weight excluding hydrogens is 360 g/mol. The third-order valence-electron chi connectivity index (χ3n) is 4.33. The van der Waals surface area contributed by atoms with Crippen LogP contribution in [-0.2, 0) is 4.74 Å². The normalized spacial score (nSPS) is 12.0. The highest BCUT2D eigenvalue weighted by Crippen LogP contribution is 2.31. The predicted molar refractivity (Wildman–Crippen MR) is 107 cm³/mol. The summed E-state index contributed by atoms with van der Waals surface area (Å²) in [6.45, 7) is -0.110. The van der Waals surface area contributed by atoms with Crippen molar-refractivity contribution in [1.29, 1.82) is 0 Å². The third kappa shape index (κ3) is 4.97. The van der Waals surface area contributed by atoms with E-state index in [1.165, 1.54) is 11.1 Å². The largest absolute Gasteiger partial charge is 0.459 e. The summed E-state index contributed by atoms with van der Waals surface area (Å²) < 4.78 is 5.08. The van der Waals surface area contributed by atoms with Gasteiger partial charge in [0.1, 0.15) is 12.7 Å². The van der Waals surface area contributed by atoms with E-state index in [1.807, 2.05) is 48.5 Å². The van der Waals surface area contributed by atoms with Gasteiger partial charge >= 0.3 is 5.97 Å². The first-order valence-electron chi connectivity index (χ1n) is 8.80. The molecule has 0 saturated heterocycles. The van der Waals surface area contributed by atoms with E-state index in [-0.39, 0.29) is 18.4 Å². The average Bonchev–Trinajstić information content (AvgIpc) is 2.74. The van der Waals surface area contributed by atoms with Crippen molar-refractivity contribution in [3.05, 3.63) is 107 Å². The average molecular weight is 381 g/mol. The highest BCUT2D eigenvalue weighted by molar-refractivity contribution is 6.18. The Morgan fingerprint density at radius 3 is 1.78 bits per heavy atom. The first-order valence-corrected chi connectivity index (χ1v) is 9.33. The summed E-state index contributed by atoms with van der Waals surface area (Å²) in [5.74, 6) is -0.362. The molecule has 0 spiro atoms. The van der Waals surface area contributed by atoms with E-state index < -0.39 is 12.1 Å². The number of aliphatic hydroxyl groups is 1. The molecule has 1 atom stereocenters. The number of halogens is 1. The van der Waals surface area contributed by atoms with Gasteiger partial charge in [0.05, 0.1) is 11.4 Å². The number of carbonyl (C=O) groups excluding carboxylic acids is 1. The van der Waals surface area contributed by atoms with Crippen molar-refractivity contribution in [3.63, 3.8) is 0 Å². The lowest BCUT2D eigenvalue weighted by molar-refractivity contribution is 0.0303. The Hall–Kier alpha value is -2.62. The van der Waals surface area contributed by atoms with Crippen molar-refractivity contribution in [2.24, 2.45) is 0 Å². The number of benzene rings is 3. The number of carbonyl (C=O) groups is 1. The zero-order chi connectivity index (χ0) is 19.1. The van der Waals surface area contributed by atoms with Crippen molar-refractivity contribution in [2.45, 2.75) is 12.0 Å². The van der Waals surface area contributed by atoms with Gasteiger partial charge in [-0.25, -0.2) is 4.79 Å². The van der Waals surface area contributed by atoms with Crippen LogP contribution in [0.2, 0.25) is 0 Å². The second-order valence-corrected chi connectivity index (χ2v) is 6.59. The molecule has 0 aliphatic carbocycles. The summed E-state index contributed by atoms with van der Waals surface area (Å²) in [5, 5.41) is 9.41. The van der Waals surface area contributed by atoms with Gasteiger partial charge in [0.25, 0.3) is 0 Å². The molecule has 3 aromatic rings. The zero-order valence-corrected chi connectivity index (χ0v) is 15.5. The number of hydrogen-bond acceptors (Lipinski definition) is 3. The van der Waals surface area contributed by atoms with Crippen LogP contribution in [0.15, 0.2) is 84.9 Å². The van der Waals surface area contributed by atoms with Gasteiger partial charge in [-0.2, -0.15) is 0 Å². The minimum absolute atomic E-state index is 0.0298. The minimum atomic E-state index is -0.851. The smallest absolute Gasteiger partial charge is 0.338 e. The highest BCUT2D eigenvalue weighted by atomic mass is 35.5. The Morgan fingerprint density at radius 1 is 0.815 bits per heavy atom. The monoisotopic (exact) mass is 380 g/mol. The van der Waals surface area contributed by atoms with Crippen LogP contribution in [0.25, 0.3) is 0 Å². The van der Waals surface area contributed by atoms with Gasteiger partial charge in [-0.3, -0.25) is 0 Å². The summed E-state index contributed by atoms with van der Waals surface area (Å²) in [6.07, 6.45) is -0.851. The fourth-order valence-corrected chi connectivity index (χ4v) is 3.07. The van der Waals surface area contributed by atoms with E-state index >= 15 is 0 Å². The van der Waals surface area contributed by atoms with Crippen molar-refractivity contribution in [2.75, 3.05) is 12.5 Å². The van der Waals surface area contributed by atoms with Crippen molar-refractivity contribution >= 4 is 17.6 Å². The number of esters is 1. The molecule has 4 heteroatoms. The fraction of sp³-hybridized carbons (Fsp3) is 0.174. The quantitative estimate of drug-likeness (QED) is 0.369. The summed E-state index contributed by atoms with van der Waals surface area (Å²) in [6, 6.07) is 27.9. The molecule has 1 N–H and O–H groups in total. The Morgan fingerprint density at radius 2 is 1.30 bits per heavy atom. The van der Waals surface area contributed by atoms with E-state index in [9.17, 15) is 9.90 Å². The molecule has 0 heterocycles. The van der Waals surface area contributed by atoms with Crippen LogP contribution < -0.4 is 0 Å². The lowest BCUT2D eigenvalue weighted by atomic mass is 9.85. The molecule has 1 unspecified atom stereocenters. The summed E-state index contributed by atoms with van der Waals surface area (Å²) in [5.41, 5.74) is 3.90. The van der Waals surface area contributed by atoms with Crippen LogP contribution in [0.4, 0.5) is 0 Å². The Kier molecular flexibility index (Phi) is 6.64. The number of alkyl halides is 1. The first-order chi connectivity index (χ1) is 13.2. The lowest BCUT2D eigenvalue weighted by Gasteiger charge is -2.19. The third-order valence-corrected chi connectivity index (χ3v) is 4.69. The van der Waals surface area contributed by atoms with Crippen LogP contribution in [-0.4, -0.2) is 29.7 Å². The van der Waals surface area contributed by atoms with Crippen LogP contribution in [0, 0.1) is 0 Å². The highest BCUT2D eigenvalue weighted by Gasteiger charge is 2.17. The zero-order valence-electron chi connectivity index (χ0n) is 14.8. The molecule has 3 aromatic carbocycles. The molecule has 0 bridgehead atoms. The number of aliphatic hydroxyl groups excluding tert-OH is 1. The van der Waals surface area contributed by atoms with Gasteiger partial charge in [0, 0.05) is 5.92 Å². The number of ether oxygens (including phenoxy) is 1.